The van der Waals surface area contributed by atoms with Crippen molar-refractivity contribution >= 4 is 23.9 Å². The third-order valence-corrected chi connectivity index (χ3v) is 5.57. The molecule has 6 nitrogen and oxygen atoms in total. The van der Waals surface area contributed by atoms with Crippen LogP contribution in [0.25, 0.3) is 0 Å². The van der Waals surface area contributed by atoms with Gasteiger partial charge in [-0.15, -0.1) is 0 Å². The monoisotopic (exact) mass is 387 g/mol. The van der Waals surface area contributed by atoms with Crippen molar-refractivity contribution in [2.45, 2.75) is 46.1 Å². The maximum absolute atomic E-state index is 12.8. The molecule has 2 rings (SSSR count). The Hall–Kier alpha value is -2.50. The predicted molar refractivity (Wildman–Crippen MR) is 106 cm³/mol. The molecule has 1 aromatic rings. The number of carbonyl (C=O) groups excluding carboxylic acids is 3. The van der Waals surface area contributed by atoms with Crippen LogP contribution in [0.5, 0.6) is 0 Å². The number of hydrogen-bond donors (Lipinski definition) is 0. The molecule has 0 aromatic heterocycles. The van der Waals surface area contributed by atoms with Crippen LogP contribution in [0.2, 0.25) is 0 Å². The highest BCUT2D eigenvalue weighted by molar-refractivity contribution is 5.88. The van der Waals surface area contributed by atoms with Crippen molar-refractivity contribution in [3.05, 3.63) is 35.9 Å². The highest BCUT2D eigenvalue weighted by Gasteiger charge is 2.47. The Bertz CT molecular complexity index is 726. The average molecular weight is 387 g/mol. The fourth-order valence-corrected chi connectivity index (χ4v) is 3.64. The first-order valence-corrected chi connectivity index (χ1v) is 9.64. The van der Waals surface area contributed by atoms with Gasteiger partial charge in [0.15, 0.2) is 6.04 Å². The molecule has 152 valence electrons. The summed E-state index contributed by atoms with van der Waals surface area (Å²) in [6, 6.07) is 8.68. The number of esters is 2. The highest BCUT2D eigenvalue weighted by atomic mass is 16.5. The number of ether oxygens (including phenoxy) is 2. The van der Waals surface area contributed by atoms with Crippen LogP contribution in [0.1, 0.15) is 45.6 Å². The zero-order valence-corrected chi connectivity index (χ0v) is 17.0. The number of methoxy groups -OCH3 is 1. The Labute approximate surface area is 166 Å². The number of Topliss-reactive ketones (excluding diaryl/α,β-unsaturated/α-hetero) is 1. The van der Waals surface area contributed by atoms with Crippen LogP contribution < -0.4 is 0 Å². The molecular weight excluding hydrogens is 358 g/mol. The molecule has 0 bridgehead atoms. The summed E-state index contributed by atoms with van der Waals surface area (Å²) >= 11 is 0. The van der Waals surface area contributed by atoms with E-state index in [0.717, 1.165) is 5.56 Å². The number of rotatable bonds is 7. The van der Waals surface area contributed by atoms with Crippen molar-refractivity contribution in [1.82, 2.24) is 0 Å². The molecule has 0 N–H and O–H groups in total. The molecule has 0 aliphatic heterocycles. The summed E-state index contributed by atoms with van der Waals surface area (Å²) in [4.78, 5) is 41.7. The van der Waals surface area contributed by atoms with Gasteiger partial charge in [-0.3, -0.25) is 14.6 Å². The van der Waals surface area contributed by atoms with Crippen molar-refractivity contribution in [2.24, 2.45) is 22.2 Å². The van der Waals surface area contributed by atoms with E-state index in [9.17, 15) is 14.4 Å². The van der Waals surface area contributed by atoms with Gasteiger partial charge in [-0.25, -0.2) is 4.79 Å². The summed E-state index contributed by atoms with van der Waals surface area (Å²) in [6.07, 6.45) is 2.55. The van der Waals surface area contributed by atoms with Gasteiger partial charge in [0.05, 0.1) is 13.7 Å². The van der Waals surface area contributed by atoms with E-state index in [1.54, 1.807) is 13.1 Å². The minimum Gasteiger partial charge on any atom is -0.469 e. The molecule has 0 saturated heterocycles. The molecule has 1 aromatic carbocycles. The van der Waals surface area contributed by atoms with Gasteiger partial charge in [-0.1, -0.05) is 44.2 Å². The lowest BCUT2D eigenvalue weighted by Gasteiger charge is -2.41. The van der Waals surface area contributed by atoms with Gasteiger partial charge in [0, 0.05) is 24.5 Å². The zero-order chi connectivity index (χ0) is 20.7. The van der Waals surface area contributed by atoms with Gasteiger partial charge in [0.1, 0.15) is 5.78 Å². The molecule has 0 spiro atoms. The van der Waals surface area contributed by atoms with Crippen molar-refractivity contribution in [3.8, 4) is 0 Å². The van der Waals surface area contributed by atoms with E-state index in [0.29, 0.717) is 6.42 Å². The Morgan fingerprint density at radius 3 is 2.57 bits per heavy atom. The number of aliphatic imine (C=N–C) groups is 1. The molecule has 1 fully saturated rings. The summed E-state index contributed by atoms with van der Waals surface area (Å²) in [5.41, 5.74) is 0.220. The fourth-order valence-electron chi connectivity index (χ4n) is 3.64. The number of hydrogen-bond acceptors (Lipinski definition) is 6. The molecule has 2 unspecified atom stereocenters. The van der Waals surface area contributed by atoms with Crippen molar-refractivity contribution in [2.75, 3.05) is 13.7 Å². The van der Waals surface area contributed by atoms with Gasteiger partial charge in [0.25, 0.3) is 0 Å². The molecule has 1 saturated carbocycles. The summed E-state index contributed by atoms with van der Waals surface area (Å²) < 4.78 is 10.0. The van der Waals surface area contributed by atoms with Crippen LogP contribution in [0, 0.1) is 17.3 Å². The second kappa shape index (κ2) is 9.62. The summed E-state index contributed by atoms with van der Waals surface area (Å²) in [6.45, 7) is 5.69. The van der Waals surface area contributed by atoms with Crippen LogP contribution in [0.15, 0.2) is 35.3 Å². The van der Waals surface area contributed by atoms with Crippen LogP contribution in [0.3, 0.4) is 0 Å². The summed E-state index contributed by atoms with van der Waals surface area (Å²) in [5.74, 6) is -1.29. The van der Waals surface area contributed by atoms with Crippen LogP contribution >= 0.6 is 0 Å². The molecule has 28 heavy (non-hydrogen) atoms. The van der Waals surface area contributed by atoms with E-state index < -0.39 is 17.4 Å². The lowest BCUT2D eigenvalue weighted by molar-refractivity contribution is -0.149. The molecule has 1 aliphatic rings. The molecule has 3 atom stereocenters. The SMILES string of the molecule is CCOC(=O)C(N=Cc1ccccc1)C1CC(=O)C(C)(C)[C@H](CC(=O)OC)C1. The fraction of sp³-hybridized carbons (Fsp3) is 0.545. The van der Waals surface area contributed by atoms with Crippen molar-refractivity contribution < 1.29 is 23.9 Å². The van der Waals surface area contributed by atoms with Crippen molar-refractivity contribution in [3.63, 3.8) is 0 Å². The molecule has 0 heterocycles. The molecule has 0 radical (unpaired) electrons. The van der Waals surface area contributed by atoms with E-state index in [1.165, 1.54) is 7.11 Å². The number of benzene rings is 1. The number of nitrogens with zero attached hydrogens (tertiary/aromatic N) is 1. The first kappa shape index (κ1) is 21.8. The minimum absolute atomic E-state index is 0.0295. The maximum Gasteiger partial charge on any atom is 0.331 e. The highest BCUT2D eigenvalue weighted by Crippen LogP contribution is 2.44. The van der Waals surface area contributed by atoms with Gasteiger partial charge in [-0.05, 0) is 30.7 Å². The van der Waals surface area contributed by atoms with E-state index in [4.69, 9.17) is 9.47 Å². The van der Waals surface area contributed by atoms with Crippen LogP contribution in [-0.4, -0.2) is 43.7 Å². The van der Waals surface area contributed by atoms with Gasteiger partial charge >= 0.3 is 11.9 Å². The Balaban J connectivity index is 2.28. The van der Waals surface area contributed by atoms with E-state index in [1.807, 2.05) is 44.2 Å². The summed E-state index contributed by atoms with van der Waals surface area (Å²) in [5, 5.41) is 0. The average Bonchev–Trinajstić information content (AvgIpc) is 2.67. The lowest BCUT2D eigenvalue weighted by Crippen LogP contribution is -2.45. The standard InChI is InChI=1S/C22H29NO5/c1-5-28-21(26)20(23-14-15-9-7-6-8-10-15)16-11-17(13-19(25)27-4)22(2,3)18(24)12-16/h6-10,14,16-17,20H,5,11-13H2,1-4H3/t16?,17-,20?/m0/s1. The molecule has 6 heteroatoms. The van der Waals surface area contributed by atoms with Gasteiger partial charge in [0.2, 0.25) is 0 Å². The normalized spacial score (nSPS) is 22.6. The Morgan fingerprint density at radius 2 is 1.96 bits per heavy atom. The zero-order valence-electron chi connectivity index (χ0n) is 17.0. The third-order valence-electron chi connectivity index (χ3n) is 5.57. The van der Waals surface area contributed by atoms with Crippen LogP contribution in [0.4, 0.5) is 0 Å². The second-order valence-electron chi connectivity index (χ2n) is 7.71. The first-order valence-electron chi connectivity index (χ1n) is 9.64. The largest absolute Gasteiger partial charge is 0.469 e. The Morgan fingerprint density at radius 1 is 1.29 bits per heavy atom. The third kappa shape index (κ3) is 5.27. The number of ketones is 1. The smallest absolute Gasteiger partial charge is 0.331 e. The second-order valence-corrected chi connectivity index (χ2v) is 7.71. The topological polar surface area (TPSA) is 82.0 Å². The summed E-state index contributed by atoms with van der Waals surface area (Å²) in [7, 11) is 1.34. The molecule has 1 aliphatic carbocycles. The van der Waals surface area contributed by atoms with Crippen molar-refractivity contribution in [1.29, 1.82) is 0 Å². The maximum atomic E-state index is 12.8. The van der Waals surface area contributed by atoms with Crippen LogP contribution in [-0.2, 0) is 23.9 Å². The van der Waals surface area contributed by atoms with E-state index >= 15 is 0 Å². The number of carbonyl (C=O) groups is 3. The van der Waals surface area contributed by atoms with E-state index in [2.05, 4.69) is 4.99 Å². The first-order chi connectivity index (χ1) is 13.3. The molecular formula is C22H29NO5. The molecule has 0 amide bonds. The Kier molecular flexibility index (Phi) is 7.49. The predicted octanol–water partition coefficient (Wildman–Crippen LogP) is 3.22. The lowest BCUT2D eigenvalue weighted by atomic mass is 9.62. The van der Waals surface area contributed by atoms with Gasteiger partial charge in [-0.2, -0.15) is 0 Å². The minimum atomic E-state index is -0.777. The van der Waals surface area contributed by atoms with E-state index in [-0.39, 0.29) is 43.0 Å². The van der Waals surface area contributed by atoms with Gasteiger partial charge < -0.3 is 9.47 Å². The quantitative estimate of drug-likeness (QED) is 0.530.